The minimum atomic E-state index is -0.699. The SMILES string of the molecule is O=C(CCN1C(=O)NC2(CCCC2)C1=O)N[C@@H]1CCCc2ccccc21. The molecule has 6 nitrogen and oxygen atoms in total. The maximum atomic E-state index is 12.6. The first-order valence-electron chi connectivity index (χ1n) is 9.60. The molecule has 1 atom stereocenters. The molecule has 1 saturated carbocycles. The summed E-state index contributed by atoms with van der Waals surface area (Å²) in [6.07, 6.45) is 6.51. The van der Waals surface area contributed by atoms with Crippen molar-refractivity contribution in [3.63, 3.8) is 0 Å². The first kappa shape index (κ1) is 17.1. The quantitative estimate of drug-likeness (QED) is 0.814. The number of rotatable bonds is 4. The Morgan fingerprint density at radius 1 is 1.19 bits per heavy atom. The average molecular weight is 355 g/mol. The Kier molecular flexibility index (Phi) is 4.42. The molecule has 2 fully saturated rings. The summed E-state index contributed by atoms with van der Waals surface area (Å²) in [6.45, 7) is 0.145. The summed E-state index contributed by atoms with van der Waals surface area (Å²) in [7, 11) is 0. The summed E-state index contributed by atoms with van der Waals surface area (Å²) in [5.41, 5.74) is 1.78. The Hall–Kier alpha value is -2.37. The molecule has 138 valence electrons. The van der Waals surface area contributed by atoms with Crippen LogP contribution < -0.4 is 10.6 Å². The standard InChI is InChI=1S/C20H25N3O3/c24-17(21-16-9-5-7-14-6-1-2-8-15(14)16)10-13-23-18(25)20(22-19(23)26)11-3-4-12-20/h1-2,6,8,16H,3-5,7,9-13H2,(H,21,24)(H,22,26)/t16-/m1/s1. The van der Waals surface area contributed by atoms with Crippen LogP contribution in [-0.4, -0.2) is 34.8 Å². The zero-order valence-electron chi connectivity index (χ0n) is 14.9. The maximum Gasteiger partial charge on any atom is 0.325 e. The van der Waals surface area contributed by atoms with E-state index < -0.39 is 5.54 Å². The van der Waals surface area contributed by atoms with Crippen molar-refractivity contribution in [2.45, 2.75) is 62.9 Å². The molecule has 1 spiro atoms. The van der Waals surface area contributed by atoms with E-state index in [4.69, 9.17) is 0 Å². The number of hydrogen-bond donors (Lipinski definition) is 2. The normalized spacial score (nSPS) is 23.8. The van der Waals surface area contributed by atoms with E-state index in [-0.39, 0.29) is 36.9 Å². The van der Waals surface area contributed by atoms with Gasteiger partial charge >= 0.3 is 6.03 Å². The third-order valence-corrected chi connectivity index (χ3v) is 5.97. The molecule has 1 aromatic carbocycles. The lowest BCUT2D eigenvalue weighted by Crippen LogP contribution is -2.44. The molecule has 1 aromatic rings. The molecule has 0 unspecified atom stereocenters. The molecule has 1 heterocycles. The van der Waals surface area contributed by atoms with E-state index >= 15 is 0 Å². The summed E-state index contributed by atoms with van der Waals surface area (Å²) in [4.78, 5) is 38.4. The Labute approximate surface area is 153 Å². The second-order valence-electron chi connectivity index (χ2n) is 7.64. The molecular formula is C20H25N3O3. The Morgan fingerprint density at radius 3 is 2.77 bits per heavy atom. The van der Waals surface area contributed by atoms with Gasteiger partial charge in [0.15, 0.2) is 0 Å². The molecule has 1 aliphatic heterocycles. The topological polar surface area (TPSA) is 78.5 Å². The predicted molar refractivity (Wildman–Crippen MR) is 96.3 cm³/mol. The summed E-state index contributed by atoms with van der Waals surface area (Å²) in [5, 5.41) is 5.93. The van der Waals surface area contributed by atoms with Crippen LogP contribution in [0.5, 0.6) is 0 Å². The van der Waals surface area contributed by atoms with Gasteiger partial charge in [-0.2, -0.15) is 0 Å². The van der Waals surface area contributed by atoms with Gasteiger partial charge in [0, 0.05) is 13.0 Å². The average Bonchev–Trinajstić information content (AvgIpc) is 3.20. The largest absolute Gasteiger partial charge is 0.349 e. The van der Waals surface area contributed by atoms with Crippen LogP contribution in [0.15, 0.2) is 24.3 Å². The van der Waals surface area contributed by atoms with Crippen LogP contribution in [0.2, 0.25) is 0 Å². The number of amides is 4. The van der Waals surface area contributed by atoms with Gasteiger partial charge in [-0.15, -0.1) is 0 Å². The van der Waals surface area contributed by atoms with Gasteiger partial charge in [0.1, 0.15) is 5.54 Å². The molecule has 2 aliphatic carbocycles. The number of carbonyl (C=O) groups excluding carboxylic acids is 3. The highest BCUT2D eigenvalue weighted by atomic mass is 16.2. The van der Waals surface area contributed by atoms with Crippen LogP contribution in [0.3, 0.4) is 0 Å². The Morgan fingerprint density at radius 2 is 1.96 bits per heavy atom. The van der Waals surface area contributed by atoms with Gasteiger partial charge in [-0.1, -0.05) is 37.1 Å². The van der Waals surface area contributed by atoms with Gasteiger partial charge in [0.05, 0.1) is 6.04 Å². The molecule has 1 saturated heterocycles. The number of aryl methyl sites for hydroxylation is 1. The third-order valence-electron chi connectivity index (χ3n) is 5.97. The van der Waals surface area contributed by atoms with Gasteiger partial charge in [0.25, 0.3) is 5.91 Å². The molecule has 0 bridgehead atoms. The first-order chi connectivity index (χ1) is 12.6. The van der Waals surface area contributed by atoms with E-state index in [2.05, 4.69) is 22.8 Å². The van der Waals surface area contributed by atoms with Crippen molar-refractivity contribution in [2.24, 2.45) is 0 Å². The van der Waals surface area contributed by atoms with Gasteiger partial charge in [-0.05, 0) is 43.2 Å². The van der Waals surface area contributed by atoms with E-state index in [0.717, 1.165) is 32.1 Å². The van der Waals surface area contributed by atoms with Crippen molar-refractivity contribution in [3.05, 3.63) is 35.4 Å². The smallest absolute Gasteiger partial charge is 0.325 e. The van der Waals surface area contributed by atoms with Crippen LogP contribution in [0.4, 0.5) is 4.79 Å². The number of hydrogen-bond acceptors (Lipinski definition) is 3. The van der Waals surface area contributed by atoms with Crippen molar-refractivity contribution in [2.75, 3.05) is 6.54 Å². The summed E-state index contributed by atoms with van der Waals surface area (Å²) < 4.78 is 0. The number of urea groups is 1. The molecule has 26 heavy (non-hydrogen) atoms. The molecule has 0 aromatic heterocycles. The minimum Gasteiger partial charge on any atom is -0.349 e. The second kappa shape index (κ2) is 6.74. The minimum absolute atomic E-state index is 0.0248. The lowest BCUT2D eigenvalue weighted by atomic mass is 9.87. The molecule has 3 aliphatic rings. The third kappa shape index (κ3) is 2.97. The fourth-order valence-corrected chi connectivity index (χ4v) is 4.58. The molecular weight excluding hydrogens is 330 g/mol. The van der Waals surface area contributed by atoms with Crippen molar-refractivity contribution < 1.29 is 14.4 Å². The maximum absolute atomic E-state index is 12.6. The van der Waals surface area contributed by atoms with E-state index in [1.54, 1.807) is 0 Å². The molecule has 0 radical (unpaired) electrons. The van der Waals surface area contributed by atoms with E-state index in [0.29, 0.717) is 12.8 Å². The number of nitrogens with one attached hydrogen (secondary N) is 2. The van der Waals surface area contributed by atoms with E-state index in [1.165, 1.54) is 16.0 Å². The fraction of sp³-hybridized carbons (Fsp3) is 0.550. The van der Waals surface area contributed by atoms with E-state index in [1.807, 2.05) is 12.1 Å². The van der Waals surface area contributed by atoms with Gasteiger partial charge in [0.2, 0.25) is 5.91 Å². The Balaban J connectivity index is 1.35. The van der Waals surface area contributed by atoms with Crippen molar-refractivity contribution in [3.8, 4) is 0 Å². The van der Waals surface area contributed by atoms with Gasteiger partial charge < -0.3 is 10.6 Å². The zero-order valence-corrected chi connectivity index (χ0v) is 14.9. The van der Waals surface area contributed by atoms with E-state index in [9.17, 15) is 14.4 Å². The first-order valence-corrected chi connectivity index (χ1v) is 9.60. The lowest BCUT2D eigenvalue weighted by molar-refractivity contribution is -0.131. The predicted octanol–water partition coefficient (Wildman–Crippen LogP) is 2.43. The monoisotopic (exact) mass is 355 g/mol. The van der Waals surface area contributed by atoms with Gasteiger partial charge in [-0.25, -0.2) is 4.79 Å². The molecule has 4 amide bonds. The molecule has 2 N–H and O–H groups in total. The highest BCUT2D eigenvalue weighted by Gasteiger charge is 2.52. The number of benzene rings is 1. The second-order valence-corrected chi connectivity index (χ2v) is 7.64. The van der Waals surface area contributed by atoms with Gasteiger partial charge in [-0.3, -0.25) is 14.5 Å². The number of nitrogens with zero attached hydrogens (tertiary/aromatic N) is 1. The fourth-order valence-electron chi connectivity index (χ4n) is 4.58. The summed E-state index contributed by atoms with van der Waals surface area (Å²) in [5.74, 6) is -0.268. The number of imide groups is 1. The summed E-state index contributed by atoms with van der Waals surface area (Å²) >= 11 is 0. The lowest BCUT2D eigenvalue weighted by Gasteiger charge is -2.26. The summed E-state index contributed by atoms with van der Waals surface area (Å²) in [6, 6.07) is 7.88. The van der Waals surface area contributed by atoms with Crippen molar-refractivity contribution in [1.29, 1.82) is 0 Å². The molecule has 6 heteroatoms. The van der Waals surface area contributed by atoms with Crippen LogP contribution in [0.25, 0.3) is 0 Å². The highest BCUT2D eigenvalue weighted by molar-refractivity contribution is 6.07. The Bertz CT molecular complexity index is 740. The van der Waals surface area contributed by atoms with Crippen molar-refractivity contribution >= 4 is 17.8 Å². The van der Waals surface area contributed by atoms with Crippen LogP contribution in [-0.2, 0) is 16.0 Å². The zero-order chi connectivity index (χ0) is 18.1. The van der Waals surface area contributed by atoms with Crippen LogP contribution in [0.1, 0.15) is 62.1 Å². The van der Waals surface area contributed by atoms with Crippen LogP contribution in [0, 0.1) is 0 Å². The highest BCUT2D eigenvalue weighted by Crippen LogP contribution is 2.35. The van der Waals surface area contributed by atoms with Crippen LogP contribution >= 0.6 is 0 Å². The van der Waals surface area contributed by atoms with Crippen molar-refractivity contribution in [1.82, 2.24) is 15.5 Å². The molecule has 4 rings (SSSR count). The number of fused-ring (bicyclic) bond motifs is 1. The number of carbonyl (C=O) groups is 3.